The van der Waals surface area contributed by atoms with Crippen LogP contribution >= 0.6 is 15.9 Å². The number of nitrogens with one attached hydrogen (secondary N) is 1. The molecule has 1 nitrogen and oxygen atoms in total. The van der Waals surface area contributed by atoms with Crippen LogP contribution < -0.4 is 5.32 Å². The fourth-order valence-electron chi connectivity index (χ4n) is 2.44. The SMILES string of the molecule is CCCC(C)C(CNCC)Cc1ccccc1Br. The minimum absolute atomic E-state index is 0.726. The molecule has 1 aromatic rings. The van der Waals surface area contributed by atoms with Crippen molar-refractivity contribution >= 4 is 15.9 Å². The zero-order chi connectivity index (χ0) is 13.4. The normalized spacial score (nSPS) is 14.4. The molecule has 18 heavy (non-hydrogen) atoms. The molecule has 0 saturated carbocycles. The first kappa shape index (κ1) is 15.7. The highest BCUT2D eigenvalue weighted by molar-refractivity contribution is 9.10. The molecule has 0 heterocycles. The largest absolute Gasteiger partial charge is 0.317 e. The van der Waals surface area contributed by atoms with Crippen LogP contribution in [0.15, 0.2) is 28.7 Å². The van der Waals surface area contributed by atoms with Gasteiger partial charge in [0.25, 0.3) is 0 Å². The molecule has 2 unspecified atom stereocenters. The van der Waals surface area contributed by atoms with Crippen molar-refractivity contribution in [3.8, 4) is 0 Å². The van der Waals surface area contributed by atoms with Crippen LogP contribution in [0.5, 0.6) is 0 Å². The third kappa shape index (κ3) is 5.11. The molecule has 1 rings (SSSR count). The maximum atomic E-state index is 3.66. The number of halogens is 1. The van der Waals surface area contributed by atoms with E-state index in [4.69, 9.17) is 0 Å². The van der Waals surface area contributed by atoms with E-state index in [-0.39, 0.29) is 0 Å². The van der Waals surface area contributed by atoms with Crippen molar-refractivity contribution in [3.05, 3.63) is 34.3 Å². The fraction of sp³-hybridized carbons (Fsp3) is 0.625. The zero-order valence-electron chi connectivity index (χ0n) is 11.9. The van der Waals surface area contributed by atoms with E-state index >= 15 is 0 Å². The van der Waals surface area contributed by atoms with Gasteiger partial charge in [-0.15, -0.1) is 0 Å². The Bertz CT molecular complexity index is 338. The second kappa shape index (κ2) is 8.71. The monoisotopic (exact) mass is 311 g/mol. The number of rotatable bonds is 8. The summed E-state index contributed by atoms with van der Waals surface area (Å²) in [7, 11) is 0. The third-order valence-electron chi connectivity index (χ3n) is 3.65. The summed E-state index contributed by atoms with van der Waals surface area (Å²) in [5.74, 6) is 1.50. The standard InChI is InChI=1S/C16H26BrN/c1-4-8-13(3)15(12-18-5-2)11-14-9-6-7-10-16(14)17/h6-7,9-10,13,15,18H,4-5,8,11-12H2,1-3H3. The zero-order valence-corrected chi connectivity index (χ0v) is 13.5. The summed E-state index contributed by atoms with van der Waals surface area (Å²) in [4.78, 5) is 0. The van der Waals surface area contributed by atoms with Gasteiger partial charge in [-0.1, -0.05) is 67.7 Å². The van der Waals surface area contributed by atoms with Crippen LogP contribution in [0.1, 0.15) is 39.2 Å². The van der Waals surface area contributed by atoms with E-state index in [0.29, 0.717) is 0 Å². The minimum atomic E-state index is 0.726. The van der Waals surface area contributed by atoms with Crippen LogP contribution in [0, 0.1) is 11.8 Å². The molecule has 0 aliphatic carbocycles. The second-order valence-corrected chi connectivity index (χ2v) is 5.98. The van der Waals surface area contributed by atoms with Crippen LogP contribution in [0.2, 0.25) is 0 Å². The van der Waals surface area contributed by atoms with Crippen LogP contribution in [-0.4, -0.2) is 13.1 Å². The molecule has 0 spiro atoms. The van der Waals surface area contributed by atoms with E-state index in [9.17, 15) is 0 Å². The molecule has 1 aromatic carbocycles. The van der Waals surface area contributed by atoms with Gasteiger partial charge in [-0.05, 0) is 43.0 Å². The Labute approximate surface area is 120 Å². The maximum absolute atomic E-state index is 3.66. The van der Waals surface area contributed by atoms with Gasteiger partial charge in [-0.2, -0.15) is 0 Å². The molecule has 0 bridgehead atoms. The highest BCUT2D eigenvalue weighted by Crippen LogP contribution is 2.25. The van der Waals surface area contributed by atoms with Crippen LogP contribution in [0.4, 0.5) is 0 Å². The van der Waals surface area contributed by atoms with Crippen molar-refractivity contribution in [1.29, 1.82) is 0 Å². The van der Waals surface area contributed by atoms with Gasteiger partial charge < -0.3 is 5.32 Å². The first-order chi connectivity index (χ1) is 8.69. The molecule has 0 aliphatic heterocycles. The number of hydrogen-bond acceptors (Lipinski definition) is 1. The Morgan fingerprint density at radius 3 is 2.56 bits per heavy atom. The topological polar surface area (TPSA) is 12.0 Å². The molecular weight excluding hydrogens is 286 g/mol. The first-order valence-electron chi connectivity index (χ1n) is 7.13. The summed E-state index contributed by atoms with van der Waals surface area (Å²) in [6.45, 7) is 9.03. The maximum Gasteiger partial charge on any atom is 0.0207 e. The predicted molar refractivity (Wildman–Crippen MR) is 84.0 cm³/mol. The molecule has 0 saturated heterocycles. The van der Waals surface area contributed by atoms with Gasteiger partial charge >= 0.3 is 0 Å². The Kier molecular flexibility index (Phi) is 7.60. The lowest BCUT2D eigenvalue weighted by molar-refractivity contribution is 0.320. The smallest absolute Gasteiger partial charge is 0.0207 e. The average molecular weight is 312 g/mol. The van der Waals surface area contributed by atoms with E-state index < -0.39 is 0 Å². The van der Waals surface area contributed by atoms with Crippen LogP contribution in [-0.2, 0) is 6.42 Å². The fourth-order valence-corrected chi connectivity index (χ4v) is 2.89. The van der Waals surface area contributed by atoms with Crippen molar-refractivity contribution in [2.75, 3.05) is 13.1 Å². The molecule has 0 fully saturated rings. The summed E-state index contributed by atoms with van der Waals surface area (Å²) >= 11 is 3.66. The van der Waals surface area contributed by atoms with Gasteiger partial charge in [0.1, 0.15) is 0 Å². The highest BCUT2D eigenvalue weighted by atomic mass is 79.9. The predicted octanol–water partition coefficient (Wildman–Crippen LogP) is 4.65. The lowest BCUT2D eigenvalue weighted by atomic mass is 9.85. The van der Waals surface area contributed by atoms with Crippen molar-refractivity contribution in [3.63, 3.8) is 0 Å². The van der Waals surface area contributed by atoms with E-state index in [1.807, 2.05) is 0 Å². The van der Waals surface area contributed by atoms with Gasteiger partial charge in [-0.25, -0.2) is 0 Å². The number of hydrogen-bond donors (Lipinski definition) is 1. The third-order valence-corrected chi connectivity index (χ3v) is 4.42. The lowest BCUT2D eigenvalue weighted by Crippen LogP contribution is -2.28. The molecule has 2 heteroatoms. The van der Waals surface area contributed by atoms with Gasteiger partial charge in [0.05, 0.1) is 0 Å². The van der Waals surface area contributed by atoms with Crippen molar-refractivity contribution < 1.29 is 0 Å². The summed E-state index contributed by atoms with van der Waals surface area (Å²) in [6, 6.07) is 8.60. The summed E-state index contributed by atoms with van der Waals surface area (Å²) in [5.41, 5.74) is 1.43. The Hall–Kier alpha value is -0.340. The van der Waals surface area contributed by atoms with Gasteiger partial charge in [-0.3, -0.25) is 0 Å². The molecular formula is C16H26BrN. The number of benzene rings is 1. The first-order valence-corrected chi connectivity index (χ1v) is 7.92. The Balaban J connectivity index is 2.68. The Morgan fingerprint density at radius 2 is 1.94 bits per heavy atom. The van der Waals surface area contributed by atoms with Gasteiger partial charge in [0.15, 0.2) is 0 Å². The van der Waals surface area contributed by atoms with Crippen LogP contribution in [0.25, 0.3) is 0 Å². The molecule has 0 radical (unpaired) electrons. The average Bonchev–Trinajstić information content (AvgIpc) is 2.36. The van der Waals surface area contributed by atoms with E-state index in [1.165, 1.54) is 22.9 Å². The van der Waals surface area contributed by atoms with Gasteiger partial charge in [0, 0.05) is 4.47 Å². The summed E-state index contributed by atoms with van der Waals surface area (Å²) in [6.07, 6.45) is 3.76. The lowest BCUT2D eigenvalue weighted by Gasteiger charge is -2.24. The van der Waals surface area contributed by atoms with Crippen LogP contribution in [0.3, 0.4) is 0 Å². The molecule has 0 aromatic heterocycles. The van der Waals surface area contributed by atoms with Crippen molar-refractivity contribution in [1.82, 2.24) is 5.32 Å². The molecule has 1 N–H and O–H groups in total. The van der Waals surface area contributed by atoms with Crippen molar-refractivity contribution in [2.45, 2.75) is 40.0 Å². The van der Waals surface area contributed by atoms with E-state index in [2.05, 4.69) is 66.3 Å². The van der Waals surface area contributed by atoms with E-state index in [0.717, 1.165) is 31.3 Å². The van der Waals surface area contributed by atoms with Gasteiger partial charge in [0.2, 0.25) is 0 Å². The molecule has 102 valence electrons. The molecule has 0 amide bonds. The quantitative estimate of drug-likeness (QED) is 0.736. The Morgan fingerprint density at radius 1 is 1.22 bits per heavy atom. The highest BCUT2D eigenvalue weighted by Gasteiger charge is 2.17. The molecule has 2 atom stereocenters. The summed E-state index contributed by atoms with van der Waals surface area (Å²) in [5, 5.41) is 3.51. The minimum Gasteiger partial charge on any atom is -0.317 e. The summed E-state index contributed by atoms with van der Waals surface area (Å²) < 4.78 is 1.25. The second-order valence-electron chi connectivity index (χ2n) is 5.13. The van der Waals surface area contributed by atoms with Crippen molar-refractivity contribution in [2.24, 2.45) is 11.8 Å². The van der Waals surface area contributed by atoms with E-state index in [1.54, 1.807) is 0 Å². The molecule has 0 aliphatic rings.